The fraction of sp³-hybridized carbons (Fsp3) is 0.308. The predicted octanol–water partition coefficient (Wildman–Crippen LogP) is 2.11. The maximum Gasteiger partial charge on any atom is 0.213 e. The molecule has 0 aliphatic heterocycles. The third kappa shape index (κ3) is 2.94. The van der Waals surface area contributed by atoms with E-state index >= 15 is 0 Å². The molecular formula is C13H16N4O. The molecule has 0 amide bonds. The van der Waals surface area contributed by atoms with Gasteiger partial charge < -0.3 is 10.1 Å². The van der Waals surface area contributed by atoms with Gasteiger partial charge in [0.05, 0.1) is 12.8 Å². The van der Waals surface area contributed by atoms with Gasteiger partial charge in [-0.2, -0.15) is 5.10 Å². The normalized spacial score (nSPS) is 10.2. The zero-order chi connectivity index (χ0) is 13.0. The molecule has 0 fully saturated rings. The number of aromatic nitrogens is 3. The topological polar surface area (TPSA) is 59.9 Å². The van der Waals surface area contributed by atoms with E-state index in [0.29, 0.717) is 12.4 Å². The van der Waals surface area contributed by atoms with Crippen molar-refractivity contribution in [2.45, 2.75) is 20.4 Å². The van der Waals surface area contributed by atoms with Gasteiger partial charge in [0.25, 0.3) is 0 Å². The molecule has 0 bridgehead atoms. The molecule has 2 aromatic rings. The van der Waals surface area contributed by atoms with E-state index in [1.165, 1.54) is 0 Å². The Morgan fingerprint density at radius 2 is 2.06 bits per heavy atom. The van der Waals surface area contributed by atoms with Crippen LogP contribution in [-0.4, -0.2) is 22.3 Å². The van der Waals surface area contributed by atoms with Gasteiger partial charge in [0, 0.05) is 18.8 Å². The van der Waals surface area contributed by atoms with E-state index < -0.39 is 0 Å². The van der Waals surface area contributed by atoms with E-state index in [4.69, 9.17) is 4.74 Å². The van der Waals surface area contributed by atoms with Crippen LogP contribution in [0, 0.1) is 13.8 Å². The van der Waals surface area contributed by atoms with Crippen LogP contribution in [0.2, 0.25) is 0 Å². The zero-order valence-corrected chi connectivity index (χ0v) is 10.8. The van der Waals surface area contributed by atoms with E-state index in [0.717, 1.165) is 22.6 Å². The molecule has 0 saturated heterocycles. The quantitative estimate of drug-likeness (QED) is 0.892. The van der Waals surface area contributed by atoms with E-state index in [1.54, 1.807) is 13.3 Å². The lowest BCUT2D eigenvalue weighted by Crippen LogP contribution is -2.04. The van der Waals surface area contributed by atoms with Gasteiger partial charge in [-0.05, 0) is 37.1 Å². The van der Waals surface area contributed by atoms with Crippen molar-refractivity contribution >= 4 is 5.82 Å². The number of nitrogens with one attached hydrogen (secondary N) is 1. The second-order valence-electron chi connectivity index (χ2n) is 4.06. The molecule has 2 heterocycles. The standard InChI is InChI=1S/C13H16N4O/c1-9-6-12(17-16-10(9)2)15-8-11-4-5-14-13(7-11)18-3/h4-7H,8H2,1-3H3,(H,15,17). The molecule has 0 unspecified atom stereocenters. The Bertz CT molecular complexity index is 542. The van der Waals surface area contributed by atoms with Gasteiger partial charge in [-0.25, -0.2) is 4.98 Å². The zero-order valence-electron chi connectivity index (χ0n) is 10.8. The van der Waals surface area contributed by atoms with Crippen molar-refractivity contribution in [3.8, 4) is 5.88 Å². The molecule has 0 saturated carbocycles. The van der Waals surface area contributed by atoms with Crippen LogP contribution in [0.3, 0.4) is 0 Å². The smallest absolute Gasteiger partial charge is 0.213 e. The maximum atomic E-state index is 5.07. The third-order valence-electron chi connectivity index (χ3n) is 2.71. The summed E-state index contributed by atoms with van der Waals surface area (Å²) in [5.74, 6) is 1.38. The summed E-state index contributed by atoms with van der Waals surface area (Å²) in [5.41, 5.74) is 3.16. The number of nitrogens with zero attached hydrogens (tertiary/aromatic N) is 3. The van der Waals surface area contributed by atoms with Crippen molar-refractivity contribution in [2.75, 3.05) is 12.4 Å². The monoisotopic (exact) mass is 244 g/mol. The molecule has 0 aliphatic carbocycles. The van der Waals surface area contributed by atoms with Crippen LogP contribution in [0.4, 0.5) is 5.82 Å². The number of hydrogen-bond donors (Lipinski definition) is 1. The van der Waals surface area contributed by atoms with Gasteiger partial charge in [-0.1, -0.05) is 0 Å². The Hall–Kier alpha value is -2.17. The number of anilines is 1. The van der Waals surface area contributed by atoms with Crippen molar-refractivity contribution in [1.82, 2.24) is 15.2 Å². The first-order valence-corrected chi connectivity index (χ1v) is 5.73. The molecular weight excluding hydrogens is 228 g/mol. The molecule has 2 rings (SSSR count). The van der Waals surface area contributed by atoms with Gasteiger partial charge >= 0.3 is 0 Å². The SMILES string of the molecule is COc1cc(CNc2cc(C)c(C)nn2)ccn1. The first kappa shape index (κ1) is 12.3. The number of rotatable bonds is 4. The molecule has 0 spiro atoms. The Kier molecular flexibility index (Phi) is 3.72. The minimum atomic E-state index is 0.612. The van der Waals surface area contributed by atoms with Gasteiger partial charge in [0.1, 0.15) is 5.82 Å². The predicted molar refractivity (Wildman–Crippen MR) is 69.6 cm³/mol. The summed E-state index contributed by atoms with van der Waals surface area (Å²) in [5, 5.41) is 11.4. The molecule has 2 aromatic heterocycles. The van der Waals surface area contributed by atoms with Gasteiger partial charge in [0.2, 0.25) is 5.88 Å². The Morgan fingerprint density at radius 1 is 1.22 bits per heavy atom. The number of aryl methyl sites for hydroxylation is 2. The fourth-order valence-corrected chi connectivity index (χ4v) is 1.50. The Labute approximate surface area is 106 Å². The van der Waals surface area contributed by atoms with Crippen LogP contribution in [0.15, 0.2) is 24.4 Å². The summed E-state index contributed by atoms with van der Waals surface area (Å²) in [6.45, 7) is 4.63. The molecule has 5 nitrogen and oxygen atoms in total. The summed E-state index contributed by atoms with van der Waals surface area (Å²) < 4.78 is 5.07. The molecule has 5 heteroatoms. The highest BCUT2D eigenvalue weighted by molar-refractivity contribution is 5.38. The second-order valence-corrected chi connectivity index (χ2v) is 4.06. The summed E-state index contributed by atoms with van der Waals surface area (Å²) in [6.07, 6.45) is 1.72. The first-order valence-electron chi connectivity index (χ1n) is 5.73. The summed E-state index contributed by atoms with van der Waals surface area (Å²) in [7, 11) is 1.61. The van der Waals surface area contributed by atoms with Crippen molar-refractivity contribution < 1.29 is 4.74 Å². The Morgan fingerprint density at radius 3 is 2.78 bits per heavy atom. The average molecular weight is 244 g/mol. The van der Waals surface area contributed by atoms with Gasteiger partial charge in [-0.15, -0.1) is 5.10 Å². The highest BCUT2D eigenvalue weighted by Crippen LogP contribution is 2.12. The van der Waals surface area contributed by atoms with Crippen LogP contribution in [0.1, 0.15) is 16.8 Å². The highest BCUT2D eigenvalue weighted by atomic mass is 16.5. The van der Waals surface area contributed by atoms with Crippen LogP contribution in [0.5, 0.6) is 5.88 Å². The van der Waals surface area contributed by atoms with Gasteiger partial charge in [0.15, 0.2) is 0 Å². The van der Waals surface area contributed by atoms with Gasteiger partial charge in [-0.3, -0.25) is 0 Å². The van der Waals surface area contributed by atoms with Crippen LogP contribution in [-0.2, 0) is 6.54 Å². The van der Waals surface area contributed by atoms with Crippen molar-refractivity contribution in [3.63, 3.8) is 0 Å². The number of methoxy groups -OCH3 is 1. The summed E-state index contributed by atoms with van der Waals surface area (Å²) >= 11 is 0. The molecule has 94 valence electrons. The van der Waals surface area contributed by atoms with E-state index in [2.05, 4.69) is 20.5 Å². The molecule has 0 aromatic carbocycles. The van der Waals surface area contributed by atoms with Crippen molar-refractivity contribution in [1.29, 1.82) is 0 Å². The molecule has 18 heavy (non-hydrogen) atoms. The van der Waals surface area contributed by atoms with Crippen molar-refractivity contribution in [3.05, 3.63) is 41.2 Å². The minimum absolute atomic E-state index is 0.612. The highest BCUT2D eigenvalue weighted by Gasteiger charge is 2.01. The first-order chi connectivity index (χ1) is 8.69. The fourth-order valence-electron chi connectivity index (χ4n) is 1.50. The van der Waals surface area contributed by atoms with Crippen LogP contribution >= 0.6 is 0 Å². The lowest BCUT2D eigenvalue weighted by Gasteiger charge is -2.07. The summed E-state index contributed by atoms with van der Waals surface area (Å²) in [6, 6.07) is 5.81. The lowest BCUT2D eigenvalue weighted by molar-refractivity contribution is 0.397. The lowest BCUT2D eigenvalue weighted by atomic mass is 10.2. The number of ether oxygens (including phenoxy) is 1. The maximum absolute atomic E-state index is 5.07. The van der Waals surface area contributed by atoms with E-state index in [1.807, 2.05) is 32.0 Å². The molecule has 1 N–H and O–H groups in total. The third-order valence-corrected chi connectivity index (χ3v) is 2.71. The minimum Gasteiger partial charge on any atom is -0.481 e. The van der Waals surface area contributed by atoms with E-state index in [-0.39, 0.29) is 0 Å². The number of hydrogen-bond acceptors (Lipinski definition) is 5. The number of pyridine rings is 1. The molecule has 0 aliphatic rings. The van der Waals surface area contributed by atoms with E-state index in [9.17, 15) is 0 Å². The molecule has 0 atom stereocenters. The summed E-state index contributed by atoms with van der Waals surface area (Å²) in [4.78, 5) is 4.06. The van der Waals surface area contributed by atoms with Crippen LogP contribution in [0.25, 0.3) is 0 Å². The molecule has 0 radical (unpaired) electrons. The average Bonchev–Trinajstić information content (AvgIpc) is 2.40. The Balaban J connectivity index is 2.04. The second kappa shape index (κ2) is 5.44. The largest absolute Gasteiger partial charge is 0.481 e. The van der Waals surface area contributed by atoms with Crippen LogP contribution < -0.4 is 10.1 Å². The van der Waals surface area contributed by atoms with Crippen molar-refractivity contribution in [2.24, 2.45) is 0 Å².